The van der Waals surface area contributed by atoms with Crippen LogP contribution in [0.1, 0.15) is 53.1 Å². The number of allylic oxidation sites excluding steroid dienone is 2. The minimum Gasteiger partial charge on any atom is -0.457 e. The standard InChI is InChI=1S/C27H30ClFN2O3/c1-15(2)11-23-21(13-30)25(18-7-5-16(3)6-8-18)24(17(4)31-23)27(33)34-14-20-10-9-19(26(28)32)12-22(20)29/h5-10,15,19H,11-14,30H2,1-4H3. The van der Waals surface area contributed by atoms with Crippen LogP contribution >= 0.6 is 11.6 Å². The second-order valence-electron chi connectivity index (χ2n) is 9.02. The Hall–Kier alpha value is -2.83. The van der Waals surface area contributed by atoms with Crippen LogP contribution < -0.4 is 5.73 Å². The van der Waals surface area contributed by atoms with Gasteiger partial charge in [-0.15, -0.1) is 0 Å². The van der Waals surface area contributed by atoms with Gasteiger partial charge in [-0.1, -0.05) is 55.8 Å². The molecular formula is C27H30ClFN2O3. The van der Waals surface area contributed by atoms with Crippen molar-refractivity contribution in [3.63, 3.8) is 0 Å². The molecule has 0 radical (unpaired) electrons. The Labute approximate surface area is 204 Å². The fourth-order valence-corrected chi connectivity index (χ4v) is 4.23. The molecule has 180 valence electrons. The van der Waals surface area contributed by atoms with Crippen LogP contribution in [0, 0.1) is 25.7 Å². The third kappa shape index (κ3) is 5.80. The van der Waals surface area contributed by atoms with E-state index in [4.69, 9.17) is 27.1 Å². The summed E-state index contributed by atoms with van der Waals surface area (Å²) in [5.74, 6) is -1.47. The molecule has 1 aliphatic rings. The average molecular weight is 485 g/mol. The van der Waals surface area contributed by atoms with Crippen LogP contribution in [0.15, 0.2) is 47.8 Å². The lowest BCUT2D eigenvalue weighted by atomic mass is 9.89. The molecule has 2 N–H and O–H groups in total. The topological polar surface area (TPSA) is 82.3 Å². The highest BCUT2D eigenvalue weighted by Gasteiger charge is 2.26. The Balaban J connectivity index is 2.00. The zero-order valence-corrected chi connectivity index (χ0v) is 20.7. The Bertz CT molecular complexity index is 1150. The number of halogens is 2. The van der Waals surface area contributed by atoms with Crippen molar-refractivity contribution in [3.8, 4) is 11.1 Å². The number of hydrogen-bond donors (Lipinski definition) is 1. The van der Waals surface area contributed by atoms with Gasteiger partial charge in [0.25, 0.3) is 0 Å². The highest BCUT2D eigenvalue weighted by atomic mass is 35.5. The monoisotopic (exact) mass is 484 g/mol. The summed E-state index contributed by atoms with van der Waals surface area (Å²) in [6.45, 7) is 7.93. The first-order chi connectivity index (χ1) is 16.1. The van der Waals surface area contributed by atoms with Crippen LogP contribution in [0.25, 0.3) is 11.1 Å². The van der Waals surface area contributed by atoms with Crippen molar-refractivity contribution in [3.05, 3.63) is 75.9 Å². The number of carbonyl (C=O) groups excluding carboxylic acids is 2. The van der Waals surface area contributed by atoms with Crippen molar-refractivity contribution in [1.29, 1.82) is 0 Å². The highest BCUT2D eigenvalue weighted by molar-refractivity contribution is 6.64. The summed E-state index contributed by atoms with van der Waals surface area (Å²) >= 11 is 5.47. The van der Waals surface area contributed by atoms with E-state index >= 15 is 0 Å². The van der Waals surface area contributed by atoms with E-state index in [1.54, 1.807) is 6.92 Å². The number of ether oxygens (including phenoxy) is 1. The van der Waals surface area contributed by atoms with E-state index in [1.807, 2.05) is 31.2 Å². The Morgan fingerprint density at radius 3 is 2.47 bits per heavy atom. The summed E-state index contributed by atoms with van der Waals surface area (Å²) in [5.41, 5.74) is 11.6. The van der Waals surface area contributed by atoms with Gasteiger partial charge >= 0.3 is 5.97 Å². The number of esters is 1. The van der Waals surface area contributed by atoms with Gasteiger partial charge in [0.1, 0.15) is 12.4 Å². The van der Waals surface area contributed by atoms with E-state index in [2.05, 4.69) is 13.8 Å². The van der Waals surface area contributed by atoms with Gasteiger partial charge in [-0.3, -0.25) is 9.78 Å². The summed E-state index contributed by atoms with van der Waals surface area (Å²) in [4.78, 5) is 29.3. The molecule has 0 aliphatic heterocycles. The van der Waals surface area contributed by atoms with Gasteiger partial charge in [0.05, 0.1) is 17.2 Å². The molecule has 3 rings (SSSR count). The number of benzene rings is 1. The Morgan fingerprint density at radius 1 is 1.24 bits per heavy atom. The molecule has 0 bridgehead atoms. The molecule has 0 saturated carbocycles. The molecule has 1 atom stereocenters. The number of rotatable bonds is 8. The van der Waals surface area contributed by atoms with Crippen LogP contribution in [0.3, 0.4) is 0 Å². The molecule has 5 nitrogen and oxygen atoms in total. The quantitative estimate of drug-likeness (QED) is 0.381. The molecule has 7 heteroatoms. The summed E-state index contributed by atoms with van der Waals surface area (Å²) in [6.07, 6.45) is 3.56. The number of aryl methyl sites for hydroxylation is 2. The van der Waals surface area contributed by atoms with Crippen LogP contribution in [0.2, 0.25) is 0 Å². The maximum absolute atomic E-state index is 14.5. The van der Waals surface area contributed by atoms with Gasteiger partial charge in [0.2, 0.25) is 5.24 Å². The smallest absolute Gasteiger partial charge is 0.340 e. The van der Waals surface area contributed by atoms with Crippen LogP contribution in [0.5, 0.6) is 0 Å². The zero-order chi connectivity index (χ0) is 25.0. The molecule has 1 aliphatic carbocycles. The van der Waals surface area contributed by atoms with Crippen molar-refractivity contribution < 1.29 is 18.7 Å². The van der Waals surface area contributed by atoms with Crippen LogP contribution in [-0.2, 0) is 22.5 Å². The van der Waals surface area contributed by atoms with Gasteiger partial charge in [0, 0.05) is 29.8 Å². The fourth-order valence-electron chi connectivity index (χ4n) is 4.08. The molecule has 0 fully saturated rings. The van der Waals surface area contributed by atoms with Crippen LogP contribution in [0.4, 0.5) is 4.39 Å². The maximum Gasteiger partial charge on any atom is 0.340 e. The first kappa shape index (κ1) is 25.8. The predicted octanol–water partition coefficient (Wildman–Crippen LogP) is 5.74. The largest absolute Gasteiger partial charge is 0.457 e. The minimum absolute atomic E-state index is 0.137. The van der Waals surface area contributed by atoms with Crippen molar-refractivity contribution in [2.45, 2.75) is 47.1 Å². The number of pyridine rings is 1. The molecule has 0 amide bonds. The van der Waals surface area contributed by atoms with E-state index in [0.29, 0.717) is 22.7 Å². The van der Waals surface area contributed by atoms with Gasteiger partial charge in [-0.2, -0.15) is 0 Å². The van der Waals surface area contributed by atoms with Crippen LogP contribution in [-0.4, -0.2) is 22.8 Å². The van der Waals surface area contributed by atoms with Gasteiger partial charge in [0.15, 0.2) is 0 Å². The first-order valence-corrected chi connectivity index (χ1v) is 11.7. The van der Waals surface area contributed by atoms with Crippen molar-refractivity contribution in [2.75, 3.05) is 6.61 Å². The summed E-state index contributed by atoms with van der Waals surface area (Å²) < 4.78 is 20.0. The van der Waals surface area contributed by atoms with E-state index in [9.17, 15) is 14.0 Å². The molecule has 34 heavy (non-hydrogen) atoms. The third-order valence-corrected chi connectivity index (χ3v) is 6.12. The van der Waals surface area contributed by atoms with E-state index in [0.717, 1.165) is 28.8 Å². The summed E-state index contributed by atoms with van der Waals surface area (Å²) in [7, 11) is 0. The molecule has 1 unspecified atom stereocenters. The number of hydrogen-bond acceptors (Lipinski definition) is 5. The molecule has 1 heterocycles. The van der Waals surface area contributed by atoms with Gasteiger partial charge in [-0.25, -0.2) is 9.18 Å². The SMILES string of the molecule is Cc1ccc(-c2c(CN)c(CC(C)C)nc(C)c2C(=O)OCC2=C(F)CC(C(=O)Cl)C=C2)cc1. The molecular weight excluding hydrogens is 455 g/mol. The highest BCUT2D eigenvalue weighted by Crippen LogP contribution is 2.33. The molecule has 1 aromatic heterocycles. The number of carbonyl (C=O) groups is 2. The summed E-state index contributed by atoms with van der Waals surface area (Å²) in [6, 6.07) is 7.86. The first-order valence-electron chi connectivity index (χ1n) is 11.3. The Kier molecular flexibility index (Phi) is 8.39. The lowest BCUT2D eigenvalue weighted by Gasteiger charge is -2.21. The fraction of sp³-hybridized carbons (Fsp3) is 0.370. The van der Waals surface area contributed by atoms with E-state index < -0.39 is 23.0 Å². The number of aromatic nitrogens is 1. The predicted molar refractivity (Wildman–Crippen MR) is 132 cm³/mol. The zero-order valence-electron chi connectivity index (χ0n) is 20.0. The number of nitrogens with two attached hydrogens (primary N) is 1. The van der Waals surface area contributed by atoms with E-state index in [-0.39, 0.29) is 25.1 Å². The van der Waals surface area contributed by atoms with Crippen molar-refractivity contribution >= 4 is 22.8 Å². The average Bonchev–Trinajstić information content (AvgIpc) is 2.77. The molecule has 1 aromatic carbocycles. The lowest BCUT2D eigenvalue weighted by Crippen LogP contribution is -2.18. The van der Waals surface area contributed by atoms with E-state index in [1.165, 1.54) is 12.2 Å². The minimum atomic E-state index is -0.707. The normalized spacial score (nSPS) is 15.7. The maximum atomic E-state index is 14.5. The lowest BCUT2D eigenvalue weighted by molar-refractivity contribution is -0.114. The van der Waals surface area contributed by atoms with Crippen molar-refractivity contribution in [1.82, 2.24) is 4.98 Å². The second kappa shape index (κ2) is 11.1. The van der Waals surface area contributed by atoms with Crippen molar-refractivity contribution in [2.24, 2.45) is 17.6 Å². The summed E-state index contributed by atoms with van der Waals surface area (Å²) in [5, 5.41) is -0.623. The van der Waals surface area contributed by atoms with Gasteiger partial charge < -0.3 is 10.5 Å². The second-order valence-corrected chi connectivity index (χ2v) is 9.39. The number of nitrogens with zero attached hydrogens (tertiary/aromatic N) is 1. The van der Waals surface area contributed by atoms with Gasteiger partial charge in [-0.05, 0) is 48.9 Å². The third-order valence-electron chi connectivity index (χ3n) is 5.84. The molecule has 0 spiro atoms. The Morgan fingerprint density at radius 2 is 1.91 bits per heavy atom. The molecule has 0 saturated heterocycles. The molecule has 2 aromatic rings.